The molecule has 0 aliphatic carbocycles. The molecule has 0 heterocycles. The predicted octanol–water partition coefficient (Wildman–Crippen LogP) is 0.760. The second kappa shape index (κ2) is 3.37. The zero-order chi connectivity index (χ0) is 8.36. The van der Waals surface area contributed by atoms with E-state index in [4.69, 9.17) is 14.7 Å². The molecule has 0 fully saturated rings. The van der Waals surface area contributed by atoms with E-state index in [9.17, 15) is 9.13 Å². The summed E-state index contributed by atoms with van der Waals surface area (Å²) in [7, 11) is -7.41. The molecule has 0 amide bonds. The Morgan fingerprint density at radius 3 is 2.00 bits per heavy atom. The first-order valence-corrected chi connectivity index (χ1v) is 5.10. The average Bonchev–Trinajstić information content (AvgIpc) is 1.60. The van der Waals surface area contributed by atoms with Gasteiger partial charge in [-0.1, -0.05) is 0 Å². The molecule has 0 radical (unpaired) electrons. The normalized spacial score (nSPS) is 15.2. The first-order valence-electron chi connectivity index (χ1n) is 2.28. The van der Waals surface area contributed by atoms with Crippen LogP contribution in [0.4, 0.5) is 0 Å². The van der Waals surface area contributed by atoms with Gasteiger partial charge < -0.3 is 9.79 Å². The summed E-state index contributed by atoms with van der Waals surface area (Å²) in [5.74, 6) is 0. The van der Waals surface area contributed by atoms with E-state index in [-0.39, 0.29) is 0 Å². The van der Waals surface area contributed by atoms with Gasteiger partial charge in [0.15, 0.2) is 0 Å². The highest BCUT2D eigenvalue weighted by atomic mass is 31.2. The highest BCUT2D eigenvalue weighted by Crippen LogP contribution is 2.55. The molecule has 1 atom stereocenters. The summed E-state index contributed by atoms with van der Waals surface area (Å²) in [6.07, 6.45) is 0.944. The van der Waals surface area contributed by atoms with Crippen molar-refractivity contribution in [3.05, 3.63) is 11.1 Å². The van der Waals surface area contributed by atoms with E-state index in [1.54, 1.807) is 0 Å². The molecule has 0 saturated heterocycles. The van der Waals surface area contributed by atoms with Crippen LogP contribution < -0.4 is 0 Å². The number of hydrogen-bond donors (Lipinski definition) is 3. The van der Waals surface area contributed by atoms with Gasteiger partial charge in [0.05, 0.1) is 0 Å². The molecule has 0 aromatic carbocycles. The van der Waals surface area contributed by atoms with E-state index < -0.39 is 20.7 Å². The molecule has 0 saturated carbocycles. The van der Waals surface area contributed by atoms with Crippen LogP contribution in [0.1, 0.15) is 6.92 Å². The topological polar surface area (TPSA) is 94.8 Å². The Morgan fingerprint density at radius 2 is 2.00 bits per heavy atom. The van der Waals surface area contributed by atoms with Crippen molar-refractivity contribution in [2.24, 2.45) is 0 Å². The van der Waals surface area contributed by atoms with Gasteiger partial charge in [0, 0.05) is 0 Å². The zero-order valence-electron chi connectivity index (χ0n) is 5.13. The average molecular weight is 185 g/mol. The second-order valence-corrected chi connectivity index (χ2v) is 4.41. The van der Waals surface area contributed by atoms with Crippen molar-refractivity contribution in [3.63, 3.8) is 0 Å². The Balaban J connectivity index is 4.75. The third-order valence-electron chi connectivity index (χ3n) is 0.753. The number of rotatable bonds is 2. The molecule has 1 unspecified atom stereocenters. The van der Waals surface area contributed by atoms with Crippen LogP contribution in [-0.2, 0) is 9.13 Å². The van der Waals surface area contributed by atoms with Crippen molar-refractivity contribution in [2.45, 2.75) is 6.92 Å². The van der Waals surface area contributed by atoms with Gasteiger partial charge >= 0.3 is 20.7 Å². The highest BCUT2D eigenvalue weighted by molar-refractivity contribution is 7.71. The molecule has 0 bridgehead atoms. The fraction of sp³-hybridized carbons (Fsp3) is 0.333. The maximum absolute atomic E-state index is 10.3. The Morgan fingerprint density at radius 1 is 1.60 bits per heavy atom. The first kappa shape index (κ1) is 9.95. The van der Waals surface area contributed by atoms with Gasteiger partial charge in [-0.15, -0.1) is 0 Å². The lowest BCUT2D eigenvalue weighted by molar-refractivity contribution is 0.383. The van der Waals surface area contributed by atoms with Crippen LogP contribution in [0.25, 0.3) is 0 Å². The fourth-order valence-electron chi connectivity index (χ4n) is 0.390. The van der Waals surface area contributed by atoms with Crippen LogP contribution in [0, 0.1) is 0 Å². The summed E-state index contributed by atoms with van der Waals surface area (Å²) < 4.78 is 20.5. The molecule has 0 aromatic heterocycles. The quantitative estimate of drug-likeness (QED) is 0.552. The molecule has 0 rings (SSSR count). The summed E-state index contributed by atoms with van der Waals surface area (Å²) >= 11 is 0. The minimum atomic E-state index is -4.50. The van der Waals surface area contributed by atoms with Gasteiger partial charge in [-0.2, -0.15) is 4.89 Å². The lowest BCUT2D eigenvalue weighted by atomic mass is 10.8. The van der Waals surface area contributed by atoms with Crippen LogP contribution >= 0.6 is 15.6 Å². The Bertz CT molecular complexity index is 213. The summed E-state index contributed by atoms with van der Waals surface area (Å²) in [5.41, 5.74) is 0. The molecule has 3 N–H and O–H groups in total. The van der Waals surface area contributed by atoms with Crippen molar-refractivity contribution >= 4 is 15.6 Å². The van der Waals surface area contributed by atoms with E-state index in [2.05, 4.69) is 0 Å². The Labute approximate surface area is 58.4 Å². The molecular formula is C3H7O5P2+. The molecule has 10 heavy (non-hydrogen) atoms. The van der Waals surface area contributed by atoms with Gasteiger partial charge in [-0.3, -0.25) is 4.57 Å². The Hall–Kier alpha value is -0.0500. The fourth-order valence-corrected chi connectivity index (χ4v) is 1.84. The van der Waals surface area contributed by atoms with Crippen LogP contribution in [0.2, 0.25) is 0 Å². The minimum absolute atomic E-state index is 0.720. The summed E-state index contributed by atoms with van der Waals surface area (Å²) in [6, 6.07) is 0. The molecule has 7 heteroatoms. The highest BCUT2D eigenvalue weighted by Gasteiger charge is 2.37. The summed E-state index contributed by atoms with van der Waals surface area (Å²) in [4.78, 5) is 25.0. The predicted molar refractivity (Wildman–Crippen MR) is 35.6 cm³/mol. The standard InChI is InChI=1S/C3H6O5P2/c1-2-3(9(4)5)10(6,7)8/h2H,1H3,(H2-,4,5,6,7,8)/p+1. The lowest BCUT2D eigenvalue weighted by Crippen LogP contribution is -1.78. The van der Waals surface area contributed by atoms with Gasteiger partial charge in [0.2, 0.25) is 0 Å². The molecule has 58 valence electrons. The second-order valence-electron chi connectivity index (χ2n) is 1.46. The van der Waals surface area contributed by atoms with Crippen LogP contribution in [0.15, 0.2) is 11.1 Å². The maximum atomic E-state index is 10.3. The van der Waals surface area contributed by atoms with Gasteiger partial charge in [-0.05, 0) is 17.6 Å². The van der Waals surface area contributed by atoms with E-state index in [0.717, 1.165) is 6.08 Å². The van der Waals surface area contributed by atoms with Crippen molar-refractivity contribution in [1.29, 1.82) is 0 Å². The molecule has 0 aliphatic heterocycles. The van der Waals surface area contributed by atoms with Crippen molar-refractivity contribution in [1.82, 2.24) is 0 Å². The van der Waals surface area contributed by atoms with Crippen molar-refractivity contribution in [3.8, 4) is 0 Å². The third kappa shape index (κ3) is 2.69. The maximum Gasteiger partial charge on any atom is 0.554 e. The molecule has 0 spiro atoms. The Kier molecular flexibility index (Phi) is 3.36. The zero-order valence-corrected chi connectivity index (χ0v) is 6.92. The van der Waals surface area contributed by atoms with Crippen LogP contribution in [0.3, 0.4) is 0 Å². The van der Waals surface area contributed by atoms with Gasteiger partial charge in [0.1, 0.15) is 0 Å². The van der Waals surface area contributed by atoms with Gasteiger partial charge in [-0.25, -0.2) is 0 Å². The smallest absolute Gasteiger partial charge is 0.318 e. The summed E-state index contributed by atoms with van der Waals surface area (Å²) in [6.45, 7) is 1.29. The van der Waals surface area contributed by atoms with Gasteiger partial charge in [0.25, 0.3) is 0 Å². The van der Waals surface area contributed by atoms with Crippen LogP contribution in [0.5, 0.6) is 0 Å². The molecule has 0 aromatic rings. The molecule has 5 nitrogen and oxygen atoms in total. The van der Waals surface area contributed by atoms with E-state index in [0.29, 0.717) is 0 Å². The largest absolute Gasteiger partial charge is 0.554 e. The molecule has 0 aliphatic rings. The molecular weight excluding hydrogens is 178 g/mol. The van der Waals surface area contributed by atoms with Crippen molar-refractivity contribution < 1.29 is 23.8 Å². The number of hydrogen-bond acceptors (Lipinski definition) is 2. The monoisotopic (exact) mass is 185 g/mol. The van der Waals surface area contributed by atoms with Crippen LogP contribution in [-0.4, -0.2) is 14.7 Å². The van der Waals surface area contributed by atoms with E-state index in [1.807, 2.05) is 0 Å². The van der Waals surface area contributed by atoms with Crippen molar-refractivity contribution in [2.75, 3.05) is 0 Å². The minimum Gasteiger partial charge on any atom is -0.318 e. The lowest BCUT2D eigenvalue weighted by Gasteiger charge is -1.93. The number of allylic oxidation sites excluding steroid dienone is 1. The SMILES string of the molecule is CC=C([P+](=O)O)P(=O)(O)O. The summed E-state index contributed by atoms with van der Waals surface area (Å²) in [5, 5.41) is -0.720. The third-order valence-corrected chi connectivity index (χ3v) is 3.55. The first-order chi connectivity index (χ1) is 4.39. The van der Waals surface area contributed by atoms with E-state index >= 15 is 0 Å². The van der Waals surface area contributed by atoms with E-state index in [1.165, 1.54) is 6.92 Å².